The molecule has 1 saturated heterocycles. The van der Waals surface area contributed by atoms with Crippen LogP contribution >= 0.6 is 0 Å². The minimum Gasteiger partial charge on any atom is -0.349 e. The van der Waals surface area contributed by atoms with Gasteiger partial charge in [0.2, 0.25) is 0 Å². The molecule has 17 heterocycles. The molecule has 0 N–H and O–H groups in total. The third-order valence-electron chi connectivity index (χ3n) is 21.2. The van der Waals surface area contributed by atoms with Crippen LogP contribution in [0.15, 0.2) is 159 Å². The maximum atomic E-state index is 8.96. The van der Waals surface area contributed by atoms with Gasteiger partial charge in [-0.1, -0.05) is 223 Å². The monoisotopic (exact) mass is 2500 g/mol. The molecule has 0 aliphatic carbocycles. The van der Waals surface area contributed by atoms with E-state index in [-0.39, 0.29) is 128 Å². The van der Waals surface area contributed by atoms with Crippen LogP contribution in [0, 0.1) is 67.7 Å². The minimum absolute atomic E-state index is 0. The number of hydrogen-bond acceptors (Lipinski definition) is 21. The van der Waals surface area contributed by atoms with Gasteiger partial charge in [-0.05, 0) is 119 Å². The Labute approximate surface area is 823 Å². The molecule has 42 heteroatoms. The molecule has 0 bridgehead atoms. The van der Waals surface area contributed by atoms with Gasteiger partial charge in [-0.15, -0.1) is 30.3 Å². The first-order valence-electron chi connectivity index (χ1n) is 41.7. The van der Waals surface area contributed by atoms with E-state index in [1.807, 2.05) is 147 Å². The zero-order chi connectivity index (χ0) is 91.3. The predicted molar refractivity (Wildman–Crippen MR) is 469 cm³/mol. The van der Waals surface area contributed by atoms with Crippen molar-refractivity contribution in [3.8, 4) is 64.0 Å². The average Bonchev–Trinajstić information content (AvgIpc) is 1.59. The third-order valence-corrected chi connectivity index (χ3v) is 21.2. The van der Waals surface area contributed by atoms with Gasteiger partial charge in [-0.2, -0.15) is 0 Å². The normalized spacial score (nSPS) is 13.1. The molecular weight excluding hydrogens is 2400 g/mol. The van der Waals surface area contributed by atoms with Crippen LogP contribution in [0.3, 0.4) is 0 Å². The zero-order valence-electron chi connectivity index (χ0n) is 77.2. The summed E-state index contributed by atoms with van der Waals surface area (Å²) in [5.74, 6) is 6.77. The first kappa shape index (κ1) is 101. The van der Waals surface area contributed by atoms with Crippen molar-refractivity contribution in [1.29, 1.82) is 5.26 Å². The number of nitrogens with zero attached hydrogens (tertiary/aromatic N) is 36. The van der Waals surface area contributed by atoms with Gasteiger partial charge in [-0.3, -0.25) is 39.1 Å². The SMILES string of the molecule is CC(C)(C)c1c[c-]n(-c2ccn(C(C)(C)C(C)(C)n3ccc(-n4[c-]cc(C(C)(C)C)n4)n3)n2)n1.CC(C)(C)c1c[c-]n(-c2ccn(CCn3ccc(-n4[c-]cc(C(C)(C)C)n4)n3)n2)n1.CC(C)(C)c1n[c-]n(-c2ccn(-c3ccccc3-n3ccc(-n4[c-]nc(C(C)(C)C)n4)n3)n2)n1.[C-]#[N+]c1c[c-]n(-c2ccn(C3(n4ccc(-n5[c-]cc(C#N)n5)n4)OCCCO3)n2)n1.[Pt+2].[Pt+2].[Pt+2].[Pt+2]. The van der Waals surface area contributed by atoms with E-state index in [4.69, 9.17) is 41.7 Å². The van der Waals surface area contributed by atoms with Gasteiger partial charge in [0.25, 0.3) is 0 Å². The molecular formula is C90H102N36O2Pt4. The molecule has 0 saturated carbocycles. The van der Waals surface area contributed by atoms with Crippen LogP contribution in [-0.2, 0) is 156 Å². The third kappa shape index (κ3) is 22.0. The summed E-state index contributed by atoms with van der Waals surface area (Å²) in [6.45, 7) is 56.0. The molecule has 1 aromatic carbocycles. The van der Waals surface area contributed by atoms with E-state index in [0.29, 0.717) is 61.2 Å². The van der Waals surface area contributed by atoms with Crippen LogP contribution < -0.4 is 0 Å². The van der Waals surface area contributed by atoms with E-state index in [0.717, 1.165) is 63.8 Å². The van der Waals surface area contributed by atoms with Crippen LogP contribution in [0.25, 0.3) is 62.8 Å². The van der Waals surface area contributed by atoms with Gasteiger partial charge < -0.3 is 57.1 Å². The summed E-state index contributed by atoms with van der Waals surface area (Å²) in [7, 11) is 0. The minimum atomic E-state index is -1.45. The van der Waals surface area contributed by atoms with Crippen LogP contribution in [-0.4, -0.2) is 180 Å². The van der Waals surface area contributed by atoms with Crippen molar-refractivity contribution in [2.75, 3.05) is 13.2 Å². The molecule has 1 fully saturated rings. The largest absolute Gasteiger partial charge is 2.00 e. The second-order valence-electron chi connectivity index (χ2n) is 37.8. The first-order chi connectivity index (χ1) is 60.5. The molecule has 17 aromatic rings. The number of hydrogen-bond donors (Lipinski definition) is 0. The van der Waals surface area contributed by atoms with Crippen molar-refractivity contribution in [1.82, 2.24) is 166 Å². The summed E-state index contributed by atoms with van der Waals surface area (Å²) in [5, 5.41) is 82.1. The number of benzene rings is 1. The van der Waals surface area contributed by atoms with E-state index in [1.54, 1.807) is 62.0 Å². The van der Waals surface area contributed by atoms with Crippen molar-refractivity contribution in [3.05, 3.63) is 260 Å². The molecule has 1 aliphatic rings. The summed E-state index contributed by atoms with van der Waals surface area (Å²) in [4.78, 5) is 11.9. The van der Waals surface area contributed by atoms with Gasteiger partial charge in [-0.25, -0.2) is 84.8 Å². The van der Waals surface area contributed by atoms with E-state index in [1.165, 1.54) is 30.9 Å². The fraction of sp³-hybridized carbons (Fsp3) is 0.400. The Hall–Kier alpha value is -11.9. The van der Waals surface area contributed by atoms with Crippen molar-refractivity contribution in [3.63, 3.8) is 0 Å². The van der Waals surface area contributed by atoms with E-state index in [9.17, 15) is 0 Å². The Morgan fingerprint density at radius 1 is 0.356 bits per heavy atom. The summed E-state index contributed by atoms with van der Waals surface area (Å²) in [6.07, 6.45) is 39.9. The van der Waals surface area contributed by atoms with Gasteiger partial charge in [0, 0.05) is 62.2 Å². The van der Waals surface area contributed by atoms with Gasteiger partial charge in [0.05, 0.1) is 119 Å². The summed E-state index contributed by atoms with van der Waals surface area (Å²) in [6, 6.07) is 34.0. The van der Waals surface area contributed by atoms with E-state index >= 15 is 0 Å². The summed E-state index contributed by atoms with van der Waals surface area (Å²) >= 11 is 0. The fourth-order valence-electron chi connectivity index (χ4n) is 12.7. The Bertz CT molecular complexity index is 6350. The number of rotatable bonds is 18. The van der Waals surface area contributed by atoms with Gasteiger partial charge in [0.15, 0.2) is 0 Å². The van der Waals surface area contributed by atoms with Crippen molar-refractivity contribution >= 4 is 5.82 Å². The Kier molecular flexibility index (Phi) is 30.1. The van der Waals surface area contributed by atoms with E-state index in [2.05, 4.69) is 278 Å². The zero-order valence-corrected chi connectivity index (χ0v) is 86.3. The van der Waals surface area contributed by atoms with Crippen LogP contribution in [0.2, 0.25) is 0 Å². The molecule has 694 valence electrons. The second kappa shape index (κ2) is 39.5. The quantitative estimate of drug-likeness (QED) is 0.0720. The number of aryl methyl sites for hydroxylation is 2. The molecule has 18 rings (SSSR count). The molecule has 0 unspecified atom stereocenters. The Morgan fingerprint density at radius 2 is 0.682 bits per heavy atom. The summed E-state index contributed by atoms with van der Waals surface area (Å²) in [5.41, 5.74) is 4.66. The molecule has 0 spiro atoms. The summed E-state index contributed by atoms with van der Waals surface area (Å²) < 4.78 is 39.0. The van der Waals surface area contributed by atoms with E-state index < -0.39 is 17.1 Å². The smallest absolute Gasteiger partial charge is 0.349 e. The molecule has 16 aromatic heterocycles. The number of ether oxygens (including phenoxy) is 2. The molecule has 38 nitrogen and oxygen atoms in total. The Morgan fingerprint density at radius 3 is 1.02 bits per heavy atom. The number of aromatic nitrogens is 34. The van der Waals surface area contributed by atoms with Crippen molar-refractivity contribution in [2.45, 2.75) is 221 Å². The average molecular weight is 2500 g/mol. The molecule has 0 radical (unpaired) electrons. The fourth-order valence-corrected chi connectivity index (χ4v) is 12.7. The van der Waals surface area contributed by atoms with Gasteiger partial charge >= 0.3 is 96.1 Å². The predicted octanol–water partition coefficient (Wildman–Crippen LogP) is 12.6. The topological polar surface area (TPSA) is 358 Å². The second-order valence-corrected chi connectivity index (χ2v) is 37.8. The number of para-hydroxylation sites is 2. The molecule has 0 atom stereocenters. The standard InChI is InChI=1S/C26H36N8.C24H26N10.C22H28N8.C18H12N10O2.4Pt/c1-23(2,3)19-11-15-31(27-19)21-13-17-33(29-21)25(7,8)26(9,10)34-18-14-22(30-34)32-16-12-20(28-32)24(4,5)6;1-23(2,3)21-25-15-33(29-21)19-11-13-31(27-19)17-9-7-8-10-18(17)32-14-12-20(28-32)34-16-26-22(30-34)24(4,5)6;1-21(2,3)17-7-13-29(23-17)19-9-11-27(25-19)15-16-28-12-10-20(26-28)30-14-8-18(24-30)22(4,5)6;1-20-15-4-8-26(22-15)17-6-10-28(24-17)18(29-11-2-12-30-18)27-9-5-16(23-27)25-7-3-14(13-19)21-25;;;;/h11-14,17-18H,1-10H3;7-14H,1-6H3;7-12H,15-16H2,1-6H3;3-6,9-10H,2,11-12H2;;;;/q4*-2;4*+2. The van der Waals surface area contributed by atoms with Crippen LogP contribution in [0.5, 0.6) is 0 Å². The molecule has 132 heavy (non-hydrogen) atoms. The number of nitriles is 1. The molecule has 1 aliphatic heterocycles. The Balaban J connectivity index is 0.000000168. The van der Waals surface area contributed by atoms with Crippen molar-refractivity contribution in [2.24, 2.45) is 0 Å². The maximum Gasteiger partial charge on any atom is 2.00 e. The van der Waals surface area contributed by atoms with Crippen molar-refractivity contribution < 1.29 is 93.7 Å². The maximum absolute atomic E-state index is 8.96. The first-order valence-corrected chi connectivity index (χ1v) is 41.7. The van der Waals surface area contributed by atoms with Crippen LogP contribution in [0.4, 0.5) is 5.82 Å². The van der Waals surface area contributed by atoms with Gasteiger partial charge in [0.1, 0.15) is 0 Å². The van der Waals surface area contributed by atoms with Crippen LogP contribution in [0.1, 0.15) is 199 Å². The molecule has 0 amide bonds.